The number of nitrogens with two attached hydrogens (primary N) is 1. The van der Waals surface area contributed by atoms with Crippen molar-refractivity contribution < 1.29 is 13.5 Å². The van der Waals surface area contributed by atoms with Crippen LogP contribution < -0.4 is 10.5 Å². The van der Waals surface area contributed by atoms with Crippen LogP contribution in [0.5, 0.6) is 11.6 Å². The highest BCUT2D eigenvalue weighted by molar-refractivity contribution is 5.45. The number of hydrogen-bond donors (Lipinski definition) is 1. The Morgan fingerprint density at radius 1 is 1.22 bits per heavy atom. The van der Waals surface area contributed by atoms with E-state index in [-0.39, 0.29) is 11.3 Å². The van der Waals surface area contributed by atoms with Crippen LogP contribution in [-0.2, 0) is 0 Å². The summed E-state index contributed by atoms with van der Waals surface area (Å²) in [6.07, 6.45) is 0. The van der Waals surface area contributed by atoms with Crippen molar-refractivity contribution in [3.05, 3.63) is 47.5 Å². The molecule has 0 radical (unpaired) electrons. The van der Waals surface area contributed by atoms with Crippen molar-refractivity contribution in [3.63, 3.8) is 0 Å². The van der Waals surface area contributed by atoms with Gasteiger partial charge in [0, 0.05) is 6.07 Å². The van der Waals surface area contributed by atoms with Gasteiger partial charge in [-0.2, -0.15) is 10.2 Å². The first-order valence-corrected chi connectivity index (χ1v) is 4.90. The van der Waals surface area contributed by atoms with Crippen LogP contribution >= 0.6 is 0 Å². The number of anilines is 1. The first kappa shape index (κ1) is 11.8. The molecule has 1 aromatic carbocycles. The maximum atomic E-state index is 13.4. The van der Waals surface area contributed by atoms with Crippen molar-refractivity contribution in [2.45, 2.75) is 0 Å². The first-order chi connectivity index (χ1) is 8.61. The molecule has 0 aliphatic heterocycles. The van der Waals surface area contributed by atoms with Crippen molar-refractivity contribution in [1.29, 1.82) is 5.26 Å². The molecule has 2 N–H and O–H groups in total. The van der Waals surface area contributed by atoms with Gasteiger partial charge in [0.05, 0.1) is 5.56 Å². The minimum absolute atomic E-state index is 0.123. The molecule has 0 unspecified atom stereocenters. The van der Waals surface area contributed by atoms with Gasteiger partial charge in [-0.1, -0.05) is 12.1 Å². The zero-order valence-corrected chi connectivity index (χ0v) is 9.02. The maximum Gasteiger partial charge on any atom is 0.258 e. The molecule has 2 rings (SSSR count). The molecule has 2 aromatic rings. The fourth-order valence-electron chi connectivity index (χ4n) is 1.29. The fourth-order valence-corrected chi connectivity index (χ4v) is 1.29. The molecule has 18 heavy (non-hydrogen) atoms. The topological polar surface area (TPSA) is 71.9 Å². The summed E-state index contributed by atoms with van der Waals surface area (Å²) in [6, 6.07) is 8.67. The number of hydrogen-bond acceptors (Lipinski definition) is 4. The zero-order chi connectivity index (χ0) is 13.1. The van der Waals surface area contributed by atoms with Gasteiger partial charge in [-0.15, -0.1) is 0 Å². The SMILES string of the molecule is N#Cc1ccccc1Oc1nc(N)c(F)cc1F. The van der Waals surface area contributed by atoms with Crippen molar-refractivity contribution in [3.8, 4) is 17.7 Å². The summed E-state index contributed by atoms with van der Waals surface area (Å²) in [6.45, 7) is 0. The fraction of sp³-hybridized carbons (Fsp3) is 0. The van der Waals surface area contributed by atoms with Gasteiger partial charge in [-0.05, 0) is 12.1 Å². The average Bonchev–Trinajstić information content (AvgIpc) is 2.36. The number of ether oxygens (including phenoxy) is 1. The molecular formula is C12H7F2N3O. The molecule has 0 atom stereocenters. The van der Waals surface area contributed by atoms with Gasteiger partial charge >= 0.3 is 0 Å². The summed E-state index contributed by atoms with van der Waals surface area (Å²) in [5.74, 6) is -2.78. The molecule has 0 amide bonds. The van der Waals surface area contributed by atoms with E-state index in [9.17, 15) is 8.78 Å². The largest absolute Gasteiger partial charge is 0.435 e. The van der Waals surface area contributed by atoms with Crippen LogP contribution in [0.2, 0.25) is 0 Å². The Hall–Kier alpha value is -2.68. The lowest BCUT2D eigenvalue weighted by molar-refractivity contribution is 0.417. The van der Waals surface area contributed by atoms with E-state index in [1.54, 1.807) is 12.1 Å². The van der Waals surface area contributed by atoms with Crippen LogP contribution in [0.15, 0.2) is 30.3 Å². The monoisotopic (exact) mass is 247 g/mol. The Morgan fingerprint density at radius 2 is 1.94 bits per heavy atom. The lowest BCUT2D eigenvalue weighted by Crippen LogP contribution is -2.00. The number of nitrogens with zero attached hydrogens (tertiary/aromatic N) is 2. The molecule has 0 bridgehead atoms. The molecule has 0 aliphatic carbocycles. The highest BCUT2D eigenvalue weighted by Gasteiger charge is 2.13. The second kappa shape index (κ2) is 4.67. The second-order valence-corrected chi connectivity index (χ2v) is 3.35. The predicted octanol–water partition coefficient (Wildman–Crippen LogP) is 2.61. The zero-order valence-electron chi connectivity index (χ0n) is 9.02. The molecular weight excluding hydrogens is 240 g/mol. The van der Waals surface area contributed by atoms with Crippen LogP contribution in [0.25, 0.3) is 0 Å². The normalized spacial score (nSPS) is 9.83. The van der Waals surface area contributed by atoms with E-state index in [1.165, 1.54) is 12.1 Å². The predicted molar refractivity (Wildman–Crippen MR) is 59.8 cm³/mol. The van der Waals surface area contributed by atoms with E-state index in [1.807, 2.05) is 6.07 Å². The van der Waals surface area contributed by atoms with Crippen LogP contribution in [-0.4, -0.2) is 4.98 Å². The molecule has 0 saturated heterocycles. The van der Waals surface area contributed by atoms with Gasteiger partial charge in [0.2, 0.25) is 0 Å². The molecule has 1 heterocycles. The molecule has 0 saturated carbocycles. The van der Waals surface area contributed by atoms with Gasteiger partial charge in [0.25, 0.3) is 5.88 Å². The second-order valence-electron chi connectivity index (χ2n) is 3.35. The van der Waals surface area contributed by atoms with Crippen molar-refractivity contribution in [2.24, 2.45) is 0 Å². The van der Waals surface area contributed by atoms with Crippen LogP contribution in [0.3, 0.4) is 0 Å². The van der Waals surface area contributed by atoms with Gasteiger partial charge in [-0.25, -0.2) is 8.78 Å². The minimum atomic E-state index is -0.991. The highest BCUT2D eigenvalue weighted by Crippen LogP contribution is 2.26. The van der Waals surface area contributed by atoms with Crippen molar-refractivity contribution in [1.82, 2.24) is 4.98 Å². The van der Waals surface area contributed by atoms with Gasteiger partial charge in [0.15, 0.2) is 17.5 Å². The Kier molecular flexibility index (Phi) is 3.06. The molecule has 0 aliphatic rings. The summed E-state index contributed by atoms with van der Waals surface area (Å²) in [5.41, 5.74) is 5.43. The number of nitrogen functional groups attached to an aromatic ring is 1. The third-order valence-corrected chi connectivity index (χ3v) is 2.14. The Labute approximate surface area is 101 Å². The van der Waals surface area contributed by atoms with E-state index in [4.69, 9.17) is 15.7 Å². The van der Waals surface area contributed by atoms with E-state index in [2.05, 4.69) is 4.98 Å². The number of benzene rings is 1. The molecule has 4 nitrogen and oxygen atoms in total. The molecule has 0 fully saturated rings. The van der Waals surface area contributed by atoms with E-state index >= 15 is 0 Å². The minimum Gasteiger partial charge on any atom is -0.435 e. The number of aromatic nitrogens is 1. The summed E-state index contributed by atoms with van der Waals surface area (Å²) in [7, 11) is 0. The molecule has 90 valence electrons. The summed E-state index contributed by atoms with van der Waals surface area (Å²) >= 11 is 0. The highest BCUT2D eigenvalue weighted by atomic mass is 19.1. The summed E-state index contributed by atoms with van der Waals surface area (Å²) < 4.78 is 31.4. The third kappa shape index (κ3) is 2.20. The average molecular weight is 247 g/mol. The van der Waals surface area contributed by atoms with Gasteiger partial charge in [0.1, 0.15) is 11.8 Å². The number of rotatable bonds is 2. The standard InChI is InChI=1S/C12H7F2N3O/c13-8-5-9(14)12(17-11(8)16)18-10-4-2-1-3-7(10)6-15/h1-5H,(H2,16,17). The maximum absolute atomic E-state index is 13.4. The molecule has 0 spiro atoms. The Morgan fingerprint density at radius 3 is 2.67 bits per heavy atom. The number of para-hydroxylation sites is 1. The smallest absolute Gasteiger partial charge is 0.258 e. The summed E-state index contributed by atoms with van der Waals surface area (Å²) in [5, 5.41) is 8.84. The Bertz CT molecular complexity index is 638. The number of pyridine rings is 1. The van der Waals surface area contributed by atoms with Gasteiger partial charge < -0.3 is 10.5 Å². The van der Waals surface area contributed by atoms with E-state index in [0.29, 0.717) is 6.07 Å². The van der Waals surface area contributed by atoms with Crippen LogP contribution in [0, 0.1) is 23.0 Å². The van der Waals surface area contributed by atoms with Crippen molar-refractivity contribution in [2.75, 3.05) is 5.73 Å². The first-order valence-electron chi connectivity index (χ1n) is 4.90. The third-order valence-electron chi connectivity index (χ3n) is 2.14. The van der Waals surface area contributed by atoms with Crippen molar-refractivity contribution >= 4 is 5.82 Å². The quantitative estimate of drug-likeness (QED) is 0.885. The number of nitriles is 1. The molecule has 6 heteroatoms. The number of halogens is 2. The molecule has 1 aromatic heterocycles. The van der Waals surface area contributed by atoms with Crippen LogP contribution in [0.1, 0.15) is 5.56 Å². The van der Waals surface area contributed by atoms with Crippen LogP contribution in [0.4, 0.5) is 14.6 Å². The lowest BCUT2D eigenvalue weighted by Gasteiger charge is -2.07. The summed E-state index contributed by atoms with van der Waals surface area (Å²) in [4.78, 5) is 3.44. The van der Waals surface area contributed by atoms with E-state index in [0.717, 1.165) is 0 Å². The van der Waals surface area contributed by atoms with Gasteiger partial charge in [-0.3, -0.25) is 0 Å². The Balaban J connectivity index is 2.41. The van der Waals surface area contributed by atoms with E-state index < -0.39 is 23.3 Å². The lowest BCUT2D eigenvalue weighted by atomic mass is 10.2.